The molecule has 0 radical (unpaired) electrons. The van der Waals surface area contributed by atoms with E-state index >= 15 is 0 Å². The van der Waals surface area contributed by atoms with Gasteiger partial charge in [-0.25, -0.2) is 17.8 Å². The SMILES string of the molecule is CCNC(=NCc1cc(F)ccc1CS(C)(=O)=O)NCC. The minimum absolute atomic E-state index is 0.115. The average Bonchev–Trinajstić information content (AvgIpc) is 2.38. The molecule has 0 aromatic heterocycles. The van der Waals surface area contributed by atoms with Gasteiger partial charge in [-0.1, -0.05) is 6.07 Å². The van der Waals surface area contributed by atoms with Crippen LogP contribution in [0, 0.1) is 5.82 Å². The van der Waals surface area contributed by atoms with E-state index in [9.17, 15) is 12.8 Å². The number of hydrogen-bond acceptors (Lipinski definition) is 3. The van der Waals surface area contributed by atoms with E-state index in [1.54, 1.807) is 0 Å². The van der Waals surface area contributed by atoms with Crippen LogP contribution in [-0.4, -0.2) is 33.7 Å². The number of nitrogens with one attached hydrogen (secondary N) is 2. The van der Waals surface area contributed by atoms with Crippen molar-refractivity contribution in [2.24, 2.45) is 4.99 Å². The second-order valence-electron chi connectivity index (χ2n) is 4.71. The fraction of sp³-hybridized carbons (Fsp3) is 0.500. The number of aliphatic imine (C=N–C) groups is 1. The number of guanidine groups is 1. The van der Waals surface area contributed by atoms with Crippen molar-refractivity contribution in [1.82, 2.24) is 10.6 Å². The first-order chi connectivity index (χ1) is 9.85. The summed E-state index contributed by atoms with van der Waals surface area (Å²) in [5, 5.41) is 6.13. The Bertz CT molecular complexity index is 592. The fourth-order valence-electron chi connectivity index (χ4n) is 1.84. The first-order valence-corrected chi connectivity index (χ1v) is 8.89. The van der Waals surface area contributed by atoms with Crippen LogP contribution in [0.5, 0.6) is 0 Å². The maximum Gasteiger partial charge on any atom is 0.191 e. The monoisotopic (exact) mass is 315 g/mol. The highest BCUT2D eigenvalue weighted by Gasteiger charge is 2.10. The van der Waals surface area contributed by atoms with Gasteiger partial charge in [-0.3, -0.25) is 0 Å². The molecule has 21 heavy (non-hydrogen) atoms. The van der Waals surface area contributed by atoms with E-state index in [2.05, 4.69) is 15.6 Å². The molecule has 0 saturated heterocycles. The smallest absolute Gasteiger partial charge is 0.191 e. The molecule has 0 atom stereocenters. The maximum absolute atomic E-state index is 13.4. The first-order valence-electron chi connectivity index (χ1n) is 6.83. The predicted octanol–water partition coefficient (Wildman–Crippen LogP) is 1.45. The van der Waals surface area contributed by atoms with E-state index in [1.807, 2.05) is 13.8 Å². The highest BCUT2D eigenvalue weighted by Crippen LogP contribution is 2.15. The van der Waals surface area contributed by atoms with Crippen LogP contribution in [0.4, 0.5) is 4.39 Å². The van der Waals surface area contributed by atoms with Gasteiger partial charge in [-0.15, -0.1) is 0 Å². The molecule has 0 saturated carbocycles. The van der Waals surface area contributed by atoms with Crippen LogP contribution in [0.3, 0.4) is 0 Å². The lowest BCUT2D eigenvalue weighted by Gasteiger charge is -2.11. The average molecular weight is 315 g/mol. The Morgan fingerprint density at radius 3 is 2.33 bits per heavy atom. The summed E-state index contributed by atoms with van der Waals surface area (Å²) in [6.45, 7) is 5.54. The lowest BCUT2D eigenvalue weighted by atomic mass is 10.1. The Morgan fingerprint density at radius 1 is 1.19 bits per heavy atom. The lowest BCUT2D eigenvalue weighted by Crippen LogP contribution is -2.37. The number of hydrogen-bond donors (Lipinski definition) is 2. The summed E-state index contributed by atoms with van der Waals surface area (Å²) >= 11 is 0. The normalized spacial score (nSPS) is 11.0. The third-order valence-corrected chi connectivity index (χ3v) is 3.52. The van der Waals surface area contributed by atoms with Gasteiger partial charge in [0.2, 0.25) is 0 Å². The summed E-state index contributed by atoms with van der Waals surface area (Å²) in [5.41, 5.74) is 1.16. The molecule has 0 aliphatic rings. The largest absolute Gasteiger partial charge is 0.357 e. The summed E-state index contributed by atoms with van der Waals surface area (Å²) in [5.74, 6) is 0.107. The van der Waals surface area contributed by atoms with Crippen molar-refractivity contribution < 1.29 is 12.8 Å². The van der Waals surface area contributed by atoms with Gasteiger partial charge in [-0.05, 0) is 37.1 Å². The highest BCUT2D eigenvalue weighted by atomic mass is 32.2. The minimum Gasteiger partial charge on any atom is -0.357 e. The molecule has 118 valence electrons. The zero-order valence-electron chi connectivity index (χ0n) is 12.6. The summed E-state index contributed by atoms with van der Waals surface area (Å²) in [4.78, 5) is 4.34. The van der Waals surface area contributed by atoms with Crippen molar-refractivity contribution in [2.45, 2.75) is 26.1 Å². The van der Waals surface area contributed by atoms with Crippen LogP contribution in [-0.2, 0) is 22.1 Å². The van der Waals surface area contributed by atoms with Gasteiger partial charge in [-0.2, -0.15) is 0 Å². The Kier molecular flexibility index (Phi) is 6.61. The van der Waals surface area contributed by atoms with E-state index in [4.69, 9.17) is 0 Å². The summed E-state index contributed by atoms with van der Waals surface area (Å²) in [7, 11) is -3.17. The molecule has 0 bridgehead atoms. The van der Waals surface area contributed by atoms with Crippen molar-refractivity contribution in [3.05, 3.63) is 35.1 Å². The molecular formula is C14H22FN3O2S. The Hall–Kier alpha value is -1.63. The van der Waals surface area contributed by atoms with Gasteiger partial charge >= 0.3 is 0 Å². The van der Waals surface area contributed by atoms with Crippen molar-refractivity contribution in [2.75, 3.05) is 19.3 Å². The van der Waals surface area contributed by atoms with E-state index in [1.165, 1.54) is 18.2 Å². The fourth-order valence-corrected chi connectivity index (χ4v) is 2.68. The molecular weight excluding hydrogens is 293 g/mol. The van der Waals surface area contributed by atoms with Crippen LogP contribution < -0.4 is 10.6 Å². The van der Waals surface area contributed by atoms with Crippen molar-refractivity contribution in [1.29, 1.82) is 0 Å². The zero-order valence-corrected chi connectivity index (χ0v) is 13.4. The van der Waals surface area contributed by atoms with E-state index in [0.29, 0.717) is 30.2 Å². The van der Waals surface area contributed by atoms with Crippen LogP contribution in [0.1, 0.15) is 25.0 Å². The molecule has 0 heterocycles. The topological polar surface area (TPSA) is 70.6 Å². The van der Waals surface area contributed by atoms with Gasteiger partial charge < -0.3 is 10.6 Å². The second-order valence-corrected chi connectivity index (χ2v) is 6.85. The Balaban J connectivity index is 2.99. The molecule has 0 amide bonds. The van der Waals surface area contributed by atoms with Crippen molar-refractivity contribution in [3.63, 3.8) is 0 Å². The molecule has 0 spiro atoms. The molecule has 5 nitrogen and oxygen atoms in total. The second kappa shape index (κ2) is 7.97. The minimum atomic E-state index is -3.17. The molecule has 1 rings (SSSR count). The maximum atomic E-state index is 13.4. The third kappa shape index (κ3) is 6.57. The summed E-state index contributed by atoms with van der Waals surface area (Å²) < 4.78 is 36.2. The first kappa shape index (κ1) is 17.4. The molecule has 2 N–H and O–H groups in total. The van der Waals surface area contributed by atoms with E-state index in [-0.39, 0.29) is 12.3 Å². The number of benzene rings is 1. The molecule has 0 aliphatic carbocycles. The highest BCUT2D eigenvalue weighted by molar-refractivity contribution is 7.89. The van der Waals surface area contributed by atoms with Crippen LogP contribution in [0.2, 0.25) is 0 Å². The lowest BCUT2D eigenvalue weighted by molar-refractivity contribution is 0.600. The number of rotatable bonds is 6. The summed E-state index contributed by atoms with van der Waals surface area (Å²) in [6, 6.07) is 4.10. The molecule has 0 fully saturated rings. The molecule has 0 aliphatic heterocycles. The third-order valence-electron chi connectivity index (χ3n) is 2.68. The van der Waals surface area contributed by atoms with Gasteiger partial charge in [0.05, 0.1) is 12.3 Å². The van der Waals surface area contributed by atoms with E-state index < -0.39 is 15.7 Å². The Morgan fingerprint density at radius 2 is 1.81 bits per heavy atom. The zero-order chi connectivity index (χ0) is 15.9. The van der Waals surface area contributed by atoms with E-state index in [0.717, 1.165) is 6.26 Å². The number of sulfone groups is 1. The summed E-state index contributed by atoms with van der Waals surface area (Å²) in [6.07, 6.45) is 1.16. The van der Waals surface area contributed by atoms with Crippen LogP contribution >= 0.6 is 0 Å². The van der Waals surface area contributed by atoms with Crippen molar-refractivity contribution >= 4 is 15.8 Å². The van der Waals surface area contributed by atoms with Gasteiger partial charge in [0.1, 0.15) is 5.82 Å². The molecule has 0 unspecified atom stereocenters. The predicted molar refractivity (Wildman–Crippen MR) is 83.4 cm³/mol. The number of nitrogens with zero attached hydrogens (tertiary/aromatic N) is 1. The van der Waals surface area contributed by atoms with Gasteiger partial charge in [0.25, 0.3) is 0 Å². The van der Waals surface area contributed by atoms with Gasteiger partial charge in [0, 0.05) is 19.3 Å². The van der Waals surface area contributed by atoms with Crippen molar-refractivity contribution in [3.8, 4) is 0 Å². The van der Waals surface area contributed by atoms with Crippen LogP contribution in [0.15, 0.2) is 23.2 Å². The van der Waals surface area contributed by atoms with Gasteiger partial charge in [0.15, 0.2) is 15.8 Å². The molecule has 1 aromatic rings. The standard InChI is InChI=1S/C14H22FN3O2S/c1-4-16-14(17-5-2)18-9-12-8-13(15)7-6-11(12)10-21(3,19)20/h6-8H,4-5,9-10H2,1-3H3,(H2,16,17,18). The quantitative estimate of drug-likeness (QED) is 0.616. The molecule has 7 heteroatoms. The van der Waals surface area contributed by atoms with Crippen LogP contribution in [0.25, 0.3) is 0 Å². The molecule has 1 aromatic carbocycles. The Labute approximate surface area is 125 Å². The number of halogens is 1.